The molecule has 1 heterocycles. The van der Waals surface area contributed by atoms with Gasteiger partial charge in [-0.3, -0.25) is 9.48 Å². The number of carbonyl (C=O) groups excluding carboxylic acids is 1. The topological polar surface area (TPSA) is 72.9 Å². The van der Waals surface area contributed by atoms with Crippen LogP contribution in [0.2, 0.25) is 0 Å². The van der Waals surface area contributed by atoms with Crippen molar-refractivity contribution < 1.29 is 18.0 Å². The first-order valence-corrected chi connectivity index (χ1v) is 6.02. The molecule has 1 aromatic carbocycles. The van der Waals surface area contributed by atoms with Gasteiger partial charge in [-0.25, -0.2) is 0 Å². The van der Waals surface area contributed by atoms with E-state index in [0.717, 1.165) is 6.07 Å². The quantitative estimate of drug-likeness (QED) is 0.912. The number of rotatable bonds is 3. The standard InChI is InChI=1S/C13H13F3N4O/c1-20-5-4-11(19-20)12(21)18-10-3-2-8(7-17)6-9(10)13(14,15)16/h2-6H,7,17H2,1H3,(H,18,21). The second-order valence-electron chi connectivity index (χ2n) is 4.41. The van der Waals surface area contributed by atoms with Crippen LogP contribution in [0.3, 0.4) is 0 Å². The fraction of sp³-hybridized carbons (Fsp3) is 0.231. The van der Waals surface area contributed by atoms with Crippen LogP contribution in [0.5, 0.6) is 0 Å². The number of hydrogen-bond donors (Lipinski definition) is 2. The van der Waals surface area contributed by atoms with Crippen molar-refractivity contribution in [1.82, 2.24) is 9.78 Å². The SMILES string of the molecule is Cn1ccc(C(=O)Nc2ccc(CN)cc2C(F)(F)F)n1. The highest BCUT2D eigenvalue weighted by atomic mass is 19.4. The molecule has 5 nitrogen and oxygen atoms in total. The number of nitrogens with zero attached hydrogens (tertiary/aromatic N) is 2. The van der Waals surface area contributed by atoms with Crippen molar-refractivity contribution in [2.75, 3.05) is 5.32 Å². The molecule has 0 atom stereocenters. The first kappa shape index (κ1) is 15.0. The van der Waals surface area contributed by atoms with Gasteiger partial charge in [-0.1, -0.05) is 6.07 Å². The first-order chi connectivity index (χ1) is 9.81. The molecule has 0 spiro atoms. The highest BCUT2D eigenvalue weighted by Gasteiger charge is 2.34. The summed E-state index contributed by atoms with van der Waals surface area (Å²) in [5.74, 6) is -0.707. The predicted molar refractivity (Wildman–Crippen MR) is 70.5 cm³/mol. The number of aromatic nitrogens is 2. The molecule has 2 rings (SSSR count). The molecule has 0 aliphatic carbocycles. The second-order valence-corrected chi connectivity index (χ2v) is 4.41. The molecular formula is C13H13F3N4O. The maximum atomic E-state index is 13.0. The molecule has 1 amide bonds. The monoisotopic (exact) mass is 298 g/mol. The predicted octanol–water partition coefficient (Wildman–Crippen LogP) is 2.15. The van der Waals surface area contributed by atoms with Crippen molar-refractivity contribution in [3.05, 3.63) is 47.3 Å². The summed E-state index contributed by atoms with van der Waals surface area (Å²) in [5.41, 5.74) is 4.45. The van der Waals surface area contributed by atoms with Gasteiger partial charge in [-0.05, 0) is 23.8 Å². The molecule has 0 saturated carbocycles. The molecular weight excluding hydrogens is 285 g/mol. The van der Waals surface area contributed by atoms with Crippen molar-refractivity contribution in [1.29, 1.82) is 0 Å². The Kier molecular flexibility index (Phi) is 3.99. The van der Waals surface area contributed by atoms with E-state index in [2.05, 4.69) is 10.4 Å². The van der Waals surface area contributed by atoms with Crippen LogP contribution in [0.25, 0.3) is 0 Å². The molecule has 2 aromatic rings. The van der Waals surface area contributed by atoms with E-state index in [1.54, 1.807) is 7.05 Å². The van der Waals surface area contributed by atoms with Crippen LogP contribution in [0.15, 0.2) is 30.5 Å². The molecule has 21 heavy (non-hydrogen) atoms. The second kappa shape index (κ2) is 5.57. The normalized spacial score (nSPS) is 11.5. The summed E-state index contributed by atoms with van der Waals surface area (Å²) in [4.78, 5) is 11.9. The zero-order chi connectivity index (χ0) is 15.6. The van der Waals surface area contributed by atoms with Gasteiger partial charge in [0.1, 0.15) is 0 Å². The van der Waals surface area contributed by atoms with Crippen LogP contribution in [-0.2, 0) is 19.8 Å². The zero-order valence-electron chi connectivity index (χ0n) is 11.1. The average molecular weight is 298 g/mol. The van der Waals surface area contributed by atoms with Crippen molar-refractivity contribution in [2.24, 2.45) is 12.8 Å². The molecule has 0 saturated heterocycles. The third kappa shape index (κ3) is 3.40. The number of nitrogens with two attached hydrogens (primary N) is 1. The van der Waals surface area contributed by atoms with Gasteiger partial charge in [0.25, 0.3) is 5.91 Å². The Labute approximate surface area is 118 Å². The first-order valence-electron chi connectivity index (χ1n) is 6.02. The fourth-order valence-corrected chi connectivity index (χ4v) is 1.78. The van der Waals surface area contributed by atoms with Crippen molar-refractivity contribution in [3.63, 3.8) is 0 Å². The summed E-state index contributed by atoms with van der Waals surface area (Å²) >= 11 is 0. The number of benzene rings is 1. The summed E-state index contributed by atoms with van der Waals surface area (Å²) in [7, 11) is 1.61. The molecule has 8 heteroatoms. The Morgan fingerprint density at radius 3 is 2.62 bits per heavy atom. The lowest BCUT2D eigenvalue weighted by Crippen LogP contribution is -2.18. The van der Waals surface area contributed by atoms with Gasteiger partial charge in [-0.2, -0.15) is 18.3 Å². The summed E-state index contributed by atoms with van der Waals surface area (Å²) in [6.45, 7) is -0.0163. The number of hydrogen-bond acceptors (Lipinski definition) is 3. The van der Waals surface area contributed by atoms with Gasteiger partial charge in [0.2, 0.25) is 0 Å². The van der Waals surface area contributed by atoms with E-state index in [9.17, 15) is 18.0 Å². The number of nitrogens with one attached hydrogen (secondary N) is 1. The number of aryl methyl sites for hydroxylation is 1. The highest BCUT2D eigenvalue weighted by molar-refractivity contribution is 6.03. The lowest BCUT2D eigenvalue weighted by Gasteiger charge is -2.14. The van der Waals surface area contributed by atoms with Gasteiger partial charge in [-0.15, -0.1) is 0 Å². The summed E-state index contributed by atoms with van der Waals surface area (Å²) in [6.07, 6.45) is -3.06. The molecule has 3 N–H and O–H groups in total. The molecule has 1 aromatic heterocycles. The van der Waals surface area contributed by atoms with Gasteiger partial charge >= 0.3 is 6.18 Å². The Morgan fingerprint density at radius 2 is 2.10 bits per heavy atom. The van der Waals surface area contributed by atoms with Crippen LogP contribution in [-0.4, -0.2) is 15.7 Å². The van der Waals surface area contributed by atoms with Gasteiger partial charge in [0, 0.05) is 19.8 Å². The van der Waals surface area contributed by atoms with E-state index in [0.29, 0.717) is 5.56 Å². The van der Waals surface area contributed by atoms with E-state index < -0.39 is 17.6 Å². The molecule has 112 valence electrons. The maximum Gasteiger partial charge on any atom is 0.418 e. The zero-order valence-corrected chi connectivity index (χ0v) is 11.1. The minimum Gasteiger partial charge on any atom is -0.326 e. The van der Waals surface area contributed by atoms with Crippen LogP contribution < -0.4 is 11.1 Å². The number of carbonyl (C=O) groups is 1. The Bertz CT molecular complexity index is 664. The maximum absolute atomic E-state index is 13.0. The summed E-state index contributed by atoms with van der Waals surface area (Å²) in [6, 6.07) is 4.96. The van der Waals surface area contributed by atoms with Crippen molar-refractivity contribution >= 4 is 11.6 Å². The average Bonchev–Trinajstić information content (AvgIpc) is 2.84. The molecule has 0 fully saturated rings. The van der Waals surface area contributed by atoms with Gasteiger partial charge < -0.3 is 11.1 Å². The number of halogens is 3. The molecule has 0 aliphatic heterocycles. The van der Waals surface area contributed by atoms with Gasteiger partial charge in [0.15, 0.2) is 5.69 Å². The minimum atomic E-state index is -4.59. The third-order valence-electron chi connectivity index (χ3n) is 2.82. The minimum absolute atomic E-state index is 0.0163. The van der Waals surface area contributed by atoms with E-state index in [1.165, 1.54) is 29.1 Å². The highest BCUT2D eigenvalue weighted by Crippen LogP contribution is 2.35. The summed E-state index contributed by atoms with van der Waals surface area (Å²) in [5, 5.41) is 6.06. The molecule has 0 bridgehead atoms. The van der Waals surface area contributed by atoms with Crippen molar-refractivity contribution in [2.45, 2.75) is 12.7 Å². The Morgan fingerprint density at radius 1 is 1.38 bits per heavy atom. The van der Waals surface area contributed by atoms with Crippen LogP contribution in [0.1, 0.15) is 21.6 Å². The molecule has 0 unspecified atom stereocenters. The largest absolute Gasteiger partial charge is 0.418 e. The lowest BCUT2D eigenvalue weighted by atomic mass is 10.1. The number of alkyl halides is 3. The van der Waals surface area contributed by atoms with Crippen LogP contribution >= 0.6 is 0 Å². The van der Waals surface area contributed by atoms with E-state index >= 15 is 0 Å². The molecule has 0 aliphatic rings. The van der Waals surface area contributed by atoms with E-state index in [1.807, 2.05) is 0 Å². The number of amides is 1. The van der Waals surface area contributed by atoms with Crippen LogP contribution in [0.4, 0.5) is 18.9 Å². The van der Waals surface area contributed by atoms with Crippen LogP contribution in [0, 0.1) is 0 Å². The third-order valence-corrected chi connectivity index (χ3v) is 2.82. The fourth-order valence-electron chi connectivity index (χ4n) is 1.78. The van der Waals surface area contributed by atoms with E-state index in [-0.39, 0.29) is 17.9 Å². The Hall–Kier alpha value is -2.35. The van der Waals surface area contributed by atoms with E-state index in [4.69, 9.17) is 5.73 Å². The van der Waals surface area contributed by atoms with Gasteiger partial charge in [0.05, 0.1) is 11.3 Å². The van der Waals surface area contributed by atoms with Crippen molar-refractivity contribution in [3.8, 4) is 0 Å². The number of anilines is 1. The molecule has 0 radical (unpaired) electrons. The summed E-state index contributed by atoms with van der Waals surface area (Å²) < 4.78 is 40.4. The smallest absolute Gasteiger partial charge is 0.326 e. The Balaban J connectivity index is 2.33. The lowest BCUT2D eigenvalue weighted by molar-refractivity contribution is -0.137.